The lowest BCUT2D eigenvalue weighted by molar-refractivity contribution is -0.0990. The van der Waals surface area contributed by atoms with E-state index < -0.39 is 0 Å². The van der Waals surface area contributed by atoms with Crippen molar-refractivity contribution >= 4 is 0 Å². The van der Waals surface area contributed by atoms with Crippen LogP contribution in [0.25, 0.3) is 0 Å². The topological polar surface area (TPSA) is 24.5 Å². The lowest BCUT2D eigenvalue weighted by Crippen LogP contribution is -2.48. The molecule has 0 bridgehead atoms. The second kappa shape index (κ2) is 5.10. The summed E-state index contributed by atoms with van der Waals surface area (Å²) < 4.78 is 5.20. The maximum Gasteiger partial charge on any atom is 0.0554 e. The van der Waals surface area contributed by atoms with Crippen LogP contribution in [0, 0.1) is 5.41 Å². The second-order valence-electron chi connectivity index (χ2n) is 5.05. The lowest BCUT2D eigenvalue weighted by Gasteiger charge is -2.38. The first-order valence-corrected chi connectivity index (χ1v) is 5.52. The van der Waals surface area contributed by atoms with E-state index in [1.54, 1.807) is 0 Å². The number of hydrogen-bond acceptors (Lipinski definition) is 3. The van der Waals surface area contributed by atoms with Crippen LogP contribution in [0.2, 0.25) is 0 Å². The highest BCUT2D eigenvalue weighted by molar-refractivity contribution is 4.82. The van der Waals surface area contributed by atoms with Crippen molar-refractivity contribution in [3.63, 3.8) is 0 Å². The van der Waals surface area contributed by atoms with Crippen LogP contribution in [0.15, 0.2) is 0 Å². The first kappa shape index (κ1) is 12.0. The van der Waals surface area contributed by atoms with Crippen LogP contribution in [0.5, 0.6) is 0 Å². The minimum atomic E-state index is 0.399. The summed E-state index contributed by atoms with van der Waals surface area (Å²) in [6, 6.07) is 0.638. The predicted octanol–water partition coefficient (Wildman–Crippen LogP) is 0.953. The zero-order valence-electron chi connectivity index (χ0n) is 9.97. The maximum absolute atomic E-state index is 5.20. The summed E-state index contributed by atoms with van der Waals surface area (Å²) in [5.41, 5.74) is 0.399. The molecule has 3 nitrogen and oxygen atoms in total. The Bertz CT molecular complexity index is 167. The molecule has 3 heteroatoms. The molecule has 1 heterocycles. The minimum absolute atomic E-state index is 0.399. The van der Waals surface area contributed by atoms with Crippen molar-refractivity contribution in [3.05, 3.63) is 0 Å². The Balaban J connectivity index is 1.99. The van der Waals surface area contributed by atoms with Gasteiger partial charge in [-0.1, -0.05) is 6.92 Å². The summed E-state index contributed by atoms with van der Waals surface area (Å²) in [7, 11) is 2.17. The van der Waals surface area contributed by atoms with Gasteiger partial charge in [0.05, 0.1) is 13.2 Å². The third-order valence-corrected chi connectivity index (χ3v) is 2.98. The summed E-state index contributed by atoms with van der Waals surface area (Å²) in [4.78, 5) is 2.35. The van der Waals surface area contributed by atoms with Crippen molar-refractivity contribution in [1.82, 2.24) is 10.2 Å². The molecule has 14 heavy (non-hydrogen) atoms. The van der Waals surface area contributed by atoms with Crippen molar-refractivity contribution in [2.24, 2.45) is 5.41 Å². The zero-order valence-corrected chi connectivity index (χ0v) is 9.97. The van der Waals surface area contributed by atoms with Gasteiger partial charge in [0, 0.05) is 31.1 Å². The average Bonchev–Trinajstić information content (AvgIpc) is 2.09. The smallest absolute Gasteiger partial charge is 0.0554 e. The van der Waals surface area contributed by atoms with E-state index in [1.165, 1.54) is 0 Å². The minimum Gasteiger partial charge on any atom is -0.380 e. The predicted molar refractivity (Wildman–Crippen MR) is 59.6 cm³/mol. The molecule has 1 aliphatic heterocycles. The molecule has 0 aromatic carbocycles. The molecular weight excluding hydrogens is 176 g/mol. The summed E-state index contributed by atoms with van der Waals surface area (Å²) in [5.74, 6) is 0. The summed E-state index contributed by atoms with van der Waals surface area (Å²) in [6.45, 7) is 11.8. The van der Waals surface area contributed by atoms with Crippen molar-refractivity contribution in [2.45, 2.75) is 26.8 Å². The van der Waals surface area contributed by atoms with Crippen LogP contribution in [-0.4, -0.2) is 50.8 Å². The lowest BCUT2D eigenvalue weighted by atomic mass is 9.89. The molecule has 0 unspecified atom stereocenters. The Morgan fingerprint density at radius 1 is 1.43 bits per heavy atom. The largest absolute Gasteiger partial charge is 0.380 e. The third kappa shape index (κ3) is 3.56. The highest BCUT2D eigenvalue weighted by Gasteiger charge is 2.32. The number of nitrogens with one attached hydrogen (secondary N) is 1. The number of nitrogens with zero attached hydrogens (tertiary/aromatic N) is 1. The Kier molecular flexibility index (Phi) is 4.35. The Labute approximate surface area is 87.8 Å². The fourth-order valence-corrected chi connectivity index (χ4v) is 1.46. The van der Waals surface area contributed by atoms with E-state index in [-0.39, 0.29) is 0 Å². The molecule has 0 amide bonds. The standard InChI is InChI=1S/C11H24N2O/c1-10(2)13(4)6-5-12-7-11(3)8-14-9-11/h10,12H,5-9H2,1-4H3. The molecule has 0 aromatic heterocycles. The molecule has 1 fully saturated rings. The van der Waals surface area contributed by atoms with Gasteiger partial charge in [0.1, 0.15) is 0 Å². The maximum atomic E-state index is 5.20. The van der Waals surface area contributed by atoms with Gasteiger partial charge in [0.2, 0.25) is 0 Å². The number of rotatable bonds is 6. The van der Waals surface area contributed by atoms with E-state index in [0.29, 0.717) is 11.5 Å². The molecule has 0 aliphatic carbocycles. The highest BCUT2D eigenvalue weighted by atomic mass is 16.5. The van der Waals surface area contributed by atoms with E-state index in [4.69, 9.17) is 4.74 Å². The van der Waals surface area contributed by atoms with Crippen molar-refractivity contribution in [3.8, 4) is 0 Å². The quantitative estimate of drug-likeness (QED) is 0.646. The average molecular weight is 200 g/mol. The first-order valence-electron chi connectivity index (χ1n) is 5.52. The Morgan fingerprint density at radius 2 is 2.07 bits per heavy atom. The SMILES string of the molecule is CC(C)N(C)CCNCC1(C)COC1. The van der Waals surface area contributed by atoms with Gasteiger partial charge in [-0.2, -0.15) is 0 Å². The van der Waals surface area contributed by atoms with Gasteiger partial charge in [0.25, 0.3) is 0 Å². The first-order chi connectivity index (χ1) is 6.53. The molecule has 1 saturated heterocycles. The molecule has 1 aliphatic rings. The highest BCUT2D eigenvalue weighted by Crippen LogP contribution is 2.24. The molecule has 0 aromatic rings. The molecule has 0 spiro atoms. The van der Waals surface area contributed by atoms with Crippen molar-refractivity contribution in [2.75, 3.05) is 39.9 Å². The van der Waals surface area contributed by atoms with Gasteiger partial charge < -0.3 is 15.0 Å². The van der Waals surface area contributed by atoms with Crippen LogP contribution in [0.3, 0.4) is 0 Å². The fourth-order valence-electron chi connectivity index (χ4n) is 1.46. The second-order valence-corrected chi connectivity index (χ2v) is 5.05. The van der Waals surface area contributed by atoms with Crippen LogP contribution >= 0.6 is 0 Å². The van der Waals surface area contributed by atoms with E-state index in [0.717, 1.165) is 32.8 Å². The summed E-state index contributed by atoms with van der Waals surface area (Å²) in [6.07, 6.45) is 0. The number of hydrogen-bond donors (Lipinski definition) is 1. The fraction of sp³-hybridized carbons (Fsp3) is 1.00. The van der Waals surface area contributed by atoms with Crippen LogP contribution in [-0.2, 0) is 4.74 Å². The van der Waals surface area contributed by atoms with Gasteiger partial charge in [-0.05, 0) is 20.9 Å². The van der Waals surface area contributed by atoms with E-state index >= 15 is 0 Å². The molecular formula is C11H24N2O. The van der Waals surface area contributed by atoms with E-state index in [1.807, 2.05) is 0 Å². The Hall–Kier alpha value is -0.120. The van der Waals surface area contributed by atoms with Crippen LogP contribution in [0.1, 0.15) is 20.8 Å². The van der Waals surface area contributed by atoms with E-state index in [2.05, 4.69) is 38.0 Å². The van der Waals surface area contributed by atoms with Crippen LogP contribution in [0.4, 0.5) is 0 Å². The molecule has 1 rings (SSSR count). The summed E-state index contributed by atoms with van der Waals surface area (Å²) >= 11 is 0. The van der Waals surface area contributed by atoms with Crippen molar-refractivity contribution < 1.29 is 4.74 Å². The monoisotopic (exact) mass is 200 g/mol. The van der Waals surface area contributed by atoms with Gasteiger partial charge in [-0.15, -0.1) is 0 Å². The van der Waals surface area contributed by atoms with Gasteiger partial charge in [-0.25, -0.2) is 0 Å². The third-order valence-electron chi connectivity index (χ3n) is 2.98. The normalized spacial score (nSPS) is 20.1. The van der Waals surface area contributed by atoms with Gasteiger partial charge in [-0.3, -0.25) is 0 Å². The van der Waals surface area contributed by atoms with Gasteiger partial charge >= 0.3 is 0 Å². The molecule has 0 saturated carbocycles. The molecule has 0 radical (unpaired) electrons. The Morgan fingerprint density at radius 3 is 2.50 bits per heavy atom. The molecule has 84 valence electrons. The number of likely N-dealkylation sites (N-methyl/N-ethyl adjacent to an activating group) is 1. The van der Waals surface area contributed by atoms with Crippen LogP contribution < -0.4 is 5.32 Å². The zero-order chi connectivity index (χ0) is 10.6. The van der Waals surface area contributed by atoms with Crippen molar-refractivity contribution in [1.29, 1.82) is 0 Å². The van der Waals surface area contributed by atoms with E-state index in [9.17, 15) is 0 Å². The van der Waals surface area contributed by atoms with Gasteiger partial charge in [0.15, 0.2) is 0 Å². The molecule has 0 atom stereocenters. The number of ether oxygens (including phenoxy) is 1. The molecule has 1 N–H and O–H groups in total. The summed E-state index contributed by atoms with van der Waals surface area (Å²) in [5, 5.41) is 3.49.